The highest BCUT2D eigenvalue weighted by Gasteiger charge is 2.05. The van der Waals surface area contributed by atoms with Crippen molar-refractivity contribution in [3.63, 3.8) is 0 Å². The van der Waals surface area contributed by atoms with Crippen LogP contribution in [-0.4, -0.2) is 12.3 Å². The number of rotatable bonds is 0. The van der Waals surface area contributed by atoms with Gasteiger partial charge in [-0.25, -0.2) is 4.99 Å². The van der Waals surface area contributed by atoms with Crippen LogP contribution in [0.4, 0.5) is 0 Å². The summed E-state index contributed by atoms with van der Waals surface area (Å²) in [6, 6.07) is 0.720. The van der Waals surface area contributed by atoms with Crippen molar-refractivity contribution in [2.45, 2.75) is 38.6 Å². The highest BCUT2D eigenvalue weighted by molar-refractivity contribution is 5.49. The van der Waals surface area contributed by atoms with Crippen LogP contribution in [0.2, 0.25) is 0 Å². The molecule has 1 atom stereocenters. The summed E-state index contributed by atoms with van der Waals surface area (Å²) in [7, 11) is 0. The van der Waals surface area contributed by atoms with Crippen LogP contribution in [0.15, 0.2) is 0 Å². The molecule has 1 aliphatic heterocycles. The number of hydrogen-bond donors (Lipinski definition) is 1. The first-order chi connectivity index (χ1) is 3.89. The molecule has 0 saturated carbocycles. The fourth-order valence-corrected chi connectivity index (χ4v) is 1.06. The van der Waals surface area contributed by atoms with E-state index in [2.05, 4.69) is 18.1 Å². The smallest absolute Gasteiger partial charge is 0.147 e. The Morgan fingerprint density at radius 1 is 1.50 bits per heavy atom. The van der Waals surface area contributed by atoms with Gasteiger partial charge in [0.1, 0.15) is 12.3 Å². The molecule has 0 aliphatic carbocycles. The van der Waals surface area contributed by atoms with Gasteiger partial charge in [-0.05, 0) is 19.8 Å². The van der Waals surface area contributed by atoms with Gasteiger partial charge < -0.3 is 0 Å². The van der Waals surface area contributed by atoms with Crippen LogP contribution < -0.4 is 4.99 Å². The molecule has 46 valence electrons. The maximum absolute atomic E-state index is 3.32. The van der Waals surface area contributed by atoms with E-state index in [1.807, 2.05) is 0 Å². The fourth-order valence-electron chi connectivity index (χ4n) is 1.06. The van der Waals surface area contributed by atoms with Crippen LogP contribution in [0.25, 0.3) is 0 Å². The Kier molecular flexibility index (Phi) is 2.07. The van der Waals surface area contributed by atoms with Crippen LogP contribution in [-0.2, 0) is 0 Å². The van der Waals surface area contributed by atoms with Gasteiger partial charge in [-0.2, -0.15) is 0 Å². The van der Waals surface area contributed by atoms with Crippen molar-refractivity contribution in [3.05, 3.63) is 0 Å². The molecule has 1 heterocycles. The Morgan fingerprint density at radius 3 is 3.25 bits per heavy atom. The molecule has 0 saturated heterocycles. The predicted octanol–water partition coefficient (Wildman–Crippen LogP) is 0.100. The van der Waals surface area contributed by atoms with E-state index < -0.39 is 0 Å². The normalized spacial score (nSPS) is 29.9. The van der Waals surface area contributed by atoms with Crippen molar-refractivity contribution in [1.29, 1.82) is 0 Å². The summed E-state index contributed by atoms with van der Waals surface area (Å²) >= 11 is 0. The second-order valence-electron chi connectivity index (χ2n) is 2.56. The zero-order valence-electron chi connectivity index (χ0n) is 5.48. The monoisotopic (exact) mass is 112 g/mol. The quantitative estimate of drug-likeness (QED) is 0.457. The summed E-state index contributed by atoms with van der Waals surface area (Å²) in [4.78, 5) is 3.32. The molecule has 1 unspecified atom stereocenters. The predicted molar refractivity (Wildman–Crippen MR) is 35.0 cm³/mol. The van der Waals surface area contributed by atoms with Gasteiger partial charge in [-0.15, -0.1) is 0 Å². The Labute approximate surface area is 50.8 Å². The second kappa shape index (κ2) is 2.85. The van der Waals surface area contributed by atoms with Crippen LogP contribution >= 0.6 is 0 Å². The van der Waals surface area contributed by atoms with Crippen molar-refractivity contribution in [1.82, 2.24) is 0 Å². The minimum atomic E-state index is 0.720. The molecular weight excluding hydrogens is 98.1 g/mol. The molecule has 8 heavy (non-hydrogen) atoms. The van der Waals surface area contributed by atoms with Gasteiger partial charge in [0.2, 0.25) is 0 Å². The summed E-state index contributed by atoms with van der Waals surface area (Å²) in [6.45, 7) is 2.24. The number of hydrogen-bond acceptors (Lipinski definition) is 0. The van der Waals surface area contributed by atoms with Crippen molar-refractivity contribution in [2.24, 2.45) is 0 Å². The topological polar surface area (TPSA) is 14.0 Å². The Balaban J connectivity index is 2.33. The third kappa shape index (κ3) is 1.65. The highest BCUT2D eigenvalue weighted by atomic mass is 14.8. The fraction of sp³-hybridized carbons (Fsp3) is 0.857. The minimum absolute atomic E-state index is 0.720. The lowest BCUT2D eigenvalue weighted by molar-refractivity contribution is -0.494. The molecule has 0 fully saturated rings. The summed E-state index contributed by atoms with van der Waals surface area (Å²) in [5, 5.41) is 0. The molecule has 0 radical (unpaired) electrons. The van der Waals surface area contributed by atoms with Gasteiger partial charge in [0.25, 0.3) is 0 Å². The standard InChI is InChI=1S/C7H13N/c1-7-5-3-2-4-6-8-7/h6-7H,2-5H2,1H3/p+1. The van der Waals surface area contributed by atoms with Gasteiger partial charge in [0, 0.05) is 12.8 Å². The van der Waals surface area contributed by atoms with E-state index in [9.17, 15) is 0 Å². The maximum atomic E-state index is 3.32. The first-order valence-electron chi connectivity index (χ1n) is 3.47. The maximum Gasteiger partial charge on any atom is 0.147 e. The third-order valence-electron chi connectivity index (χ3n) is 1.64. The molecule has 0 aromatic rings. The average molecular weight is 112 g/mol. The lowest BCUT2D eigenvalue weighted by atomic mass is 10.1. The molecule has 0 spiro atoms. The van der Waals surface area contributed by atoms with E-state index in [1.165, 1.54) is 25.7 Å². The van der Waals surface area contributed by atoms with Crippen LogP contribution in [0, 0.1) is 0 Å². The van der Waals surface area contributed by atoms with Crippen molar-refractivity contribution in [2.75, 3.05) is 0 Å². The highest BCUT2D eigenvalue weighted by Crippen LogP contribution is 2.00. The summed E-state index contributed by atoms with van der Waals surface area (Å²) in [5.41, 5.74) is 0. The molecule has 0 amide bonds. The molecular formula is C7H14N+. The Hall–Kier alpha value is -0.330. The van der Waals surface area contributed by atoms with Crippen molar-refractivity contribution >= 4 is 6.21 Å². The summed E-state index contributed by atoms with van der Waals surface area (Å²) in [5.74, 6) is 0. The van der Waals surface area contributed by atoms with Gasteiger partial charge in [-0.3, -0.25) is 0 Å². The number of nitrogens with one attached hydrogen (secondary N) is 1. The Bertz CT molecular complexity index is 86.4. The summed E-state index contributed by atoms with van der Waals surface area (Å²) < 4.78 is 0. The molecule has 0 aromatic heterocycles. The van der Waals surface area contributed by atoms with E-state index in [4.69, 9.17) is 0 Å². The van der Waals surface area contributed by atoms with Gasteiger partial charge in [-0.1, -0.05) is 0 Å². The van der Waals surface area contributed by atoms with E-state index in [0.29, 0.717) is 0 Å². The Morgan fingerprint density at radius 2 is 2.38 bits per heavy atom. The molecule has 1 heteroatoms. The first-order valence-corrected chi connectivity index (χ1v) is 3.47. The SMILES string of the molecule is CC1CCCCC=[NH+]1. The molecule has 1 nitrogen and oxygen atoms in total. The van der Waals surface area contributed by atoms with Gasteiger partial charge in [0.15, 0.2) is 0 Å². The second-order valence-corrected chi connectivity index (χ2v) is 2.56. The zero-order chi connectivity index (χ0) is 5.82. The molecule has 1 aliphatic rings. The lowest BCUT2D eigenvalue weighted by Gasteiger charge is -1.92. The zero-order valence-corrected chi connectivity index (χ0v) is 5.48. The van der Waals surface area contributed by atoms with Crippen molar-refractivity contribution in [3.8, 4) is 0 Å². The molecule has 1 N–H and O–H groups in total. The average Bonchev–Trinajstić information content (AvgIpc) is 1.94. The largest absolute Gasteiger partial charge is 0.249 e. The van der Waals surface area contributed by atoms with Crippen LogP contribution in [0.1, 0.15) is 32.6 Å². The van der Waals surface area contributed by atoms with E-state index in [0.717, 1.165) is 6.04 Å². The minimum Gasteiger partial charge on any atom is -0.249 e. The molecule has 0 aromatic carbocycles. The van der Waals surface area contributed by atoms with Crippen LogP contribution in [0.3, 0.4) is 0 Å². The van der Waals surface area contributed by atoms with Crippen molar-refractivity contribution < 1.29 is 4.99 Å². The van der Waals surface area contributed by atoms with Gasteiger partial charge >= 0.3 is 0 Å². The van der Waals surface area contributed by atoms with E-state index in [1.54, 1.807) is 0 Å². The van der Waals surface area contributed by atoms with Gasteiger partial charge in [0.05, 0.1) is 0 Å². The lowest BCUT2D eigenvalue weighted by Crippen LogP contribution is -2.74. The molecule has 0 bridgehead atoms. The third-order valence-corrected chi connectivity index (χ3v) is 1.64. The van der Waals surface area contributed by atoms with E-state index >= 15 is 0 Å². The first kappa shape index (κ1) is 5.80. The van der Waals surface area contributed by atoms with Crippen LogP contribution in [0.5, 0.6) is 0 Å². The molecule has 1 rings (SSSR count). The van der Waals surface area contributed by atoms with E-state index in [-0.39, 0.29) is 0 Å². The summed E-state index contributed by atoms with van der Waals surface area (Å²) in [6.07, 6.45) is 7.56.